The Kier molecular flexibility index (Phi) is 4.37. The maximum atomic E-state index is 11.9. The predicted molar refractivity (Wildman–Crippen MR) is 88.4 cm³/mol. The summed E-state index contributed by atoms with van der Waals surface area (Å²) in [6.07, 6.45) is 1.63. The average Bonchev–Trinajstić information content (AvgIpc) is 3.01. The first-order valence-electron chi connectivity index (χ1n) is 7.08. The Balaban J connectivity index is 1.96. The quantitative estimate of drug-likeness (QED) is 0.703. The molecule has 0 radical (unpaired) electrons. The van der Waals surface area contributed by atoms with Gasteiger partial charge in [-0.25, -0.2) is 0 Å². The fraction of sp³-hybridized carbons (Fsp3) is 0.125. The highest BCUT2D eigenvalue weighted by molar-refractivity contribution is 5.68. The molecule has 122 valence electrons. The second-order valence-electron chi connectivity index (χ2n) is 4.76. The zero-order valence-corrected chi connectivity index (χ0v) is 13.1. The Bertz CT molecular complexity index is 915. The van der Waals surface area contributed by atoms with E-state index in [1.807, 2.05) is 6.07 Å². The summed E-state index contributed by atoms with van der Waals surface area (Å²) < 4.78 is 10.4. The largest absolute Gasteiger partial charge is 0.493 e. The van der Waals surface area contributed by atoms with E-state index in [1.165, 1.54) is 7.11 Å². The number of ether oxygens (including phenoxy) is 2. The van der Waals surface area contributed by atoms with E-state index >= 15 is 0 Å². The number of azo groups is 1. The first-order chi connectivity index (χ1) is 11.7. The maximum Gasteiger partial charge on any atom is 0.292 e. The lowest BCUT2D eigenvalue weighted by molar-refractivity contribution is 0.355. The van der Waals surface area contributed by atoms with E-state index in [0.29, 0.717) is 28.6 Å². The minimum atomic E-state index is -0.375. The standard InChI is InChI=1S/C16H15N5O3/c1-23-12-7-6-10(9-13(12)24-2)18-20-15-14(19-21-16(15)22)11-5-3-4-8-17-11/h3-9H,1-2H3,(H2,19,21,22). The summed E-state index contributed by atoms with van der Waals surface area (Å²) in [6.45, 7) is 0. The van der Waals surface area contributed by atoms with Gasteiger partial charge in [0.15, 0.2) is 17.2 Å². The normalized spacial score (nSPS) is 10.9. The molecular weight excluding hydrogens is 310 g/mol. The molecule has 0 fully saturated rings. The van der Waals surface area contributed by atoms with Crippen LogP contribution in [-0.4, -0.2) is 29.4 Å². The molecule has 0 spiro atoms. The summed E-state index contributed by atoms with van der Waals surface area (Å²) in [5, 5.41) is 13.4. The van der Waals surface area contributed by atoms with Gasteiger partial charge < -0.3 is 9.47 Å². The molecule has 1 aromatic carbocycles. The fourth-order valence-corrected chi connectivity index (χ4v) is 2.14. The van der Waals surface area contributed by atoms with Crippen LogP contribution in [-0.2, 0) is 0 Å². The van der Waals surface area contributed by atoms with Crippen LogP contribution >= 0.6 is 0 Å². The third kappa shape index (κ3) is 3.02. The lowest BCUT2D eigenvalue weighted by atomic mass is 10.2. The van der Waals surface area contributed by atoms with E-state index in [0.717, 1.165) is 0 Å². The monoisotopic (exact) mass is 325 g/mol. The SMILES string of the molecule is COc1ccc(N=Nc2c(-c3ccccn3)[nH][nH]c2=O)cc1OC. The van der Waals surface area contributed by atoms with Crippen molar-refractivity contribution in [3.05, 3.63) is 52.9 Å². The molecule has 0 saturated carbocycles. The Labute approximate surface area is 137 Å². The van der Waals surface area contributed by atoms with Gasteiger partial charge in [0.25, 0.3) is 5.56 Å². The number of methoxy groups -OCH3 is 2. The molecule has 0 amide bonds. The van der Waals surface area contributed by atoms with Gasteiger partial charge in [-0.05, 0) is 24.3 Å². The van der Waals surface area contributed by atoms with E-state index in [-0.39, 0.29) is 11.2 Å². The van der Waals surface area contributed by atoms with Gasteiger partial charge in [0.2, 0.25) is 0 Å². The molecule has 2 aromatic heterocycles. The summed E-state index contributed by atoms with van der Waals surface area (Å²) in [4.78, 5) is 16.1. The van der Waals surface area contributed by atoms with Crippen LogP contribution in [0.4, 0.5) is 11.4 Å². The van der Waals surface area contributed by atoms with Crippen LogP contribution in [0.2, 0.25) is 0 Å². The van der Waals surface area contributed by atoms with Gasteiger partial charge in [-0.1, -0.05) is 6.07 Å². The molecular formula is C16H15N5O3. The molecule has 3 aromatic rings. The van der Waals surface area contributed by atoms with Gasteiger partial charge in [-0.15, -0.1) is 5.11 Å². The minimum absolute atomic E-state index is 0.156. The zero-order valence-electron chi connectivity index (χ0n) is 13.1. The van der Waals surface area contributed by atoms with E-state index in [9.17, 15) is 4.79 Å². The summed E-state index contributed by atoms with van der Waals surface area (Å²) in [5.74, 6) is 1.12. The predicted octanol–water partition coefficient (Wildman–Crippen LogP) is 3.20. The highest BCUT2D eigenvalue weighted by atomic mass is 16.5. The molecule has 0 saturated heterocycles. The Morgan fingerprint density at radius 3 is 2.54 bits per heavy atom. The molecule has 0 unspecified atom stereocenters. The van der Waals surface area contributed by atoms with Crippen molar-refractivity contribution in [1.29, 1.82) is 0 Å². The van der Waals surface area contributed by atoms with Crippen LogP contribution in [0.15, 0.2) is 57.6 Å². The van der Waals surface area contributed by atoms with E-state index < -0.39 is 0 Å². The number of hydrogen-bond acceptors (Lipinski definition) is 6. The van der Waals surface area contributed by atoms with Crippen molar-refractivity contribution in [2.45, 2.75) is 0 Å². The van der Waals surface area contributed by atoms with Crippen LogP contribution in [0.5, 0.6) is 11.5 Å². The number of rotatable bonds is 5. The van der Waals surface area contributed by atoms with Gasteiger partial charge >= 0.3 is 0 Å². The van der Waals surface area contributed by atoms with Crippen LogP contribution in [0.25, 0.3) is 11.4 Å². The number of nitrogens with one attached hydrogen (secondary N) is 2. The topological polar surface area (TPSA) is 105 Å². The van der Waals surface area contributed by atoms with Gasteiger partial charge in [-0.2, -0.15) is 5.11 Å². The molecule has 3 rings (SSSR count). The molecule has 0 bridgehead atoms. The van der Waals surface area contributed by atoms with Crippen LogP contribution < -0.4 is 15.0 Å². The Morgan fingerprint density at radius 1 is 1.00 bits per heavy atom. The second kappa shape index (κ2) is 6.78. The number of aromatic amines is 2. The van der Waals surface area contributed by atoms with Crippen molar-refractivity contribution < 1.29 is 9.47 Å². The fourth-order valence-electron chi connectivity index (χ4n) is 2.14. The summed E-state index contributed by atoms with van der Waals surface area (Å²) in [6, 6.07) is 10.5. The molecule has 8 nitrogen and oxygen atoms in total. The van der Waals surface area contributed by atoms with E-state index in [2.05, 4.69) is 25.4 Å². The molecule has 24 heavy (non-hydrogen) atoms. The van der Waals surface area contributed by atoms with Crippen molar-refractivity contribution in [2.75, 3.05) is 14.2 Å². The first-order valence-corrected chi connectivity index (χ1v) is 7.08. The minimum Gasteiger partial charge on any atom is -0.493 e. The molecule has 0 aliphatic heterocycles. The van der Waals surface area contributed by atoms with E-state index in [1.54, 1.807) is 43.6 Å². The van der Waals surface area contributed by atoms with Crippen LogP contribution in [0.1, 0.15) is 0 Å². The van der Waals surface area contributed by atoms with Gasteiger partial charge in [0.05, 0.1) is 25.6 Å². The van der Waals surface area contributed by atoms with Gasteiger partial charge in [0, 0.05) is 12.3 Å². The van der Waals surface area contributed by atoms with Crippen molar-refractivity contribution >= 4 is 11.4 Å². The van der Waals surface area contributed by atoms with Crippen LogP contribution in [0, 0.1) is 0 Å². The molecule has 0 atom stereocenters. The number of nitrogens with zero attached hydrogens (tertiary/aromatic N) is 3. The van der Waals surface area contributed by atoms with Crippen molar-refractivity contribution in [3.8, 4) is 22.9 Å². The van der Waals surface area contributed by atoms with Crippen molar-refractivity contribution in [2.24, 2.45) is 10.2 Å². The van der Waals surface area contributed by atoms with E-state index in [4.69, 9.17) is 9.47 Å². The first kappa shape index (κ1) is 15.5. The Morgan fingerprint density at radius 2 is 1.83 bits per heavy atom. The molecule has 2 heterocycles. The van der Waals surface area contributed by atoms with Crippen molar-refractivity contribution in [3.63, 3.8) is 0 Å². The number of H-pyrrole nitrogens is 2. The summed E-state index contributed by atoms with van der Waals surface area (Å²) in [7, 11) is 3.09. The molecule has 0 aliphatic rings. The molecule has 2 N–H and O–H groups in total. The van der Waals surface area contributed by atoms with Crippen LogP contribution in [0.3, 0.4) is 0 Å². The number of hydrogen-bond donors (Lipinski definition) is 2. The lowest BCUT2D eigenvalue weighted by Gasteiger charge is -2.06. The lowest BCUT2D eigenvalue weighted by Crippen LogP contribution is -1.96. The van der Waals surface area contributed by atoms with Crippen molar-refractivity contribution in [1.82, 2.24) is 15.2 Å². The summed E-state index contributed by atoms with van der Waals surface area (Å²) >= 11 is 0. The molecule has 8 heteroatoms. The second-order valence-corrected chi connectivity index (χ2v) is 4.76. The Hall–Kier alpha value is -3.42. The highest BCUT2D eigenvalue weighted by Gasteiger charge is 2.12. The average molecular weight is 325 g/mol. The third-order valence-electron chi connectivity index (χ3n) is 3.31. The smallest absolute Gasteiger partial charge is 0.292 e. The number of pyridine rings is 1. The highest BCUT2D eigenvalue weighted by Crippen LogP contribution is 2.32. The molecule has 0 aliphatic carbocycles. The maximum absolute atomic E-state index is 11.9. The summed E-state index contributed by atoms with van der Waals surface area (Å²) in [5.41, 5.74) is 1.38. The van der Waals surface area contributed by atoms with Gasteiger partial charge in [-0.3, -0.25) is 20.0 Å². The van der Waals surface area contributed by atoms with Gasteiger partial charge in [0.1, 0.15) is 5.69 Å². The third-order valence-corrected chi connectivity index (χ3v) is 3.31. The number of aromatic nitrogens is 3. The number of benzene rings is 1. The zero-order chi connectivity index (χ0) is 16.9.